The van der Waals surface area contributed by atoms with Crippen molar-refractivity contribution in [1.29, 1.82) is 0 Å². The topological polar surface area (TPSA) is 92.3 Å². The summed E-state index contributed by atoms with van der Waals surface area (Å²) in [6.07, 6.45) is 1.04. The van der Waals surface area contributed by atoms with Crippen LogP contribution in [0.2, 0.25) is 0 Å². The molecule has 1 atom stereocenters. The van der Waals surface area contributed by atoms with Crippen molar-refractivity contribution in [3.63, 3.8) is 0 Å². The SMILES string of the molecule is CC(C)C(NC(=O)c1c(F)cccc1F)C(=O)Nc1cccc(S(C)(=O)=O)c1. The van der Waals surface area contributed by atoms with E-state index in [4.69, 9.17) is 0 Å². The predicted molar refractivity (Wildman–Crippen MR) is 101 cm³/mol. The number of hydrogen-bond donors (Lipinski definition) is 2. The molecule has 0 radical (unpaired) electrons. The van der Waals surface area contributed by atoms with Crippen molar-refractivity contribution in [3.05, 3.63) is 59.7 Å². The number of nitrogens with one attached hydrogen (secondary N) is 2. The highest BCUT2D eigenvalue weighted by atomic mass is 32.2. The van der Waals surface area contributed by atoms with Crippen molar-refractivity contribution >= 4 is 27.3 Å². The van der Waals surface area contributed by atoms with E-state index in [0.29, 0.717) is 0 Å². The number of sulfone groups is 1. The zero-order chi connectivity index (χ0) is 21.1. The molecule has 0 spiro atoms. The summed E-state index contributed by atoms with van der Waals surface area (Å²) in [6, 6.07) is 7.53. The molecule has 0 aliphatic heterocycles. The summed E-state index contributed by atoms with van der Waals surface area (Å²) in [6.45, 7) is 3.30. The van der Waals surface area contributed by atoms with Gasteiger partial charge < -0.3 is 10.6 Å². The second-order valence-electron chi connectivity index (χ2n) is 6.58. The van der Waals surface area contributed by atoms with Crippen LogP contribution in [0.4, 0.5) is 14.5 Å². The molecule has 0 bridgehead atoms. The van der Waals surface area contributed by atoms with Crippen LogP contribution in [0.1, 0.15) is 24.2 Å². The smallest absolute Gasteiger partial charge is 0.257 e. The normalized spacial score (nSPS) is 12.5. The largest absolute Gasteiger partial charge is 0.340 e. The number of benzene rings is 2. The number of carbonyl (C=O) groups is 2. The second-order valence-corrected chi connectivity index (χ2v) is 8.60. The van der Waals surface area contributed by atoms with Gasteiger partial charge in [-0.05, 0) is 36.2 Å². The van der Waals surface area contributed by atoms with Crippen LogP contribution in [0.25, 0.3) is 0 Å². The summed E-state index contributed by atoms with van der Waals surface area (Å²) < 4.78 is 50.9. The molecule has 2 rings (SSSR count). The summed E-state index contributed by atoms with van der Waals surface area (Å²) in [5.74, 6) is -4.19. The lowest BCUT2D eigenvalue weighted by Crippen LogP contribution is -2.47. The van der Waals surface area contributed by atoms with Crippen molar-refractivity contribution in [2.75, 3.05) is 11.6 Å². The van der Waals surface area contributed by atoms with Gasteiger partial charge in [-0.2, -0.15) is 0 Å². The van der Waals surface area contributed by atoms with Gasteiger partial charge in [0.05, 0.1) is 4.90 Å². The molecular formula is C19H20F2N2O4S. The summed E-state index contributed by atoms with van der Waals surface area (Å²) in [5, 5.41) is 4.85. The van der Waals surface area contributed by atoms with Gasteiger partial charge in [-0.15, -0.1) is 0 Å². The monoisotopic (exact) mass is 410 g/mol. The number of hydrogen-bond acceptors (Lipinski definition) is 4. The highest BCUT2D eigenvalue weighted by molar-refractivity contribution is 7.90. The first-order valence-corrected chi connectivity index (χ1v) is 10.3. The fourth-order valence-electron chi connectivity index (χ4n) is 2.49. The molecule has 0 heterocycles. The lowest BCUT2D eigenvalue weighted by molar-refractivity contribution is -0.118. The van der Waals surface area contributed by atoms with Crippen molar-refractivity contribution in [2.24, 2.45) is 5.92 Å². The molecule has 0 aliphatic carbocycles. The Kier molecular flexibility index (Phi) is 6.50. The molecular weight excluding hydrogens is 390 g/mol. The molecule has 2 aromatic rings. The Labute approximate surface area is 161 Å². The number of halogens is 2. The van der Waals surface area contributed by atoms with E-state index >= 15 is 0 Å². The molecule has 0 saturated carbocycles. The van der Waals surface area contributed by atoms with Crippen LogP contribution in [-0.4, -0.2) is 32.5 Å². The van der Waals surface area contributed by atoms with Gasteiger partial charge in [0, 0.05) is 11.9 Å². The molecule has 1 unspecified atom stereocenters. The Morgan fingerprint density at radius 3 is 2.11 bits per heavy atom. The molecule has 2 amide bonds. The van der Waals surface area contributed by atoms with Gasteiger partial charge in [0.15, 0.2) is 9.84 Å². The highest BCUT2D eigenvalue weighted by Gasteiger charge is 2.27. The fourth-order valence-corrected chi connectivity index (χ4v) is 3.15. The van der Waals surface area contributed by atoms with Crippen LogP contribution in [-0.2, 0) is 14.6 Å². The van der Waals surface area contributed by atoms with Crippen LogP contribution in [0.5, 0.6) is 0 Å². The molecule has 0 aromatic heterocycles. The maximum Gasteiger partial charge on any atom is 0.257 e. The Morgan fingerprint density at radius 2 is 1.57 bits per heavy atom. The van der Waals surface area contributed by atoms with Crippen molar-refractivity contribution in [2.45, 2.75) is 24.8 Å². The summed E-state index contributed by atoms with van der Waals surface area (Å²) in [4.78, 5) is 24.9. The minimum Gasteiger partial charge on any atom is -0.340 e. The van der Waals surface area contributed by atoms with Gasteiger partial charge in [-0.3, -0.25) is 9.59 Å². The van der Waals surface area contributed by atoms with Crippen molar-refractivity contribution in [1.82, 2.24) is 5.32 Å². The molecule has 6 nitrogen and oxygen atoms in total. The van der Waals surface area contributed by atoms with E-state index in [1.807, 2.05) is 0 Å². The van der Waals surface area contributed by atoms with Crippen LogP contribution < -0.4 is 10.6 Å². The summed E-state index contributed by atoms with van der Waals surface area (Å²) in [5.41, 5.74) is -0.565. The first-order chi connectivity index (χ1) is 13.0. The van der Waals surface area contributed by atoms with Gasteiger partial charge in [0.25, 0.3) is 5.91 Å². The molecule has 9 heteroatoms. The third-order valence-corrected chi connectivity index (χ3v) is 5.07. The lowest BCUT2D eigenvalue weighted by atomic mass is 10.0. The van der Waals surface area contributed by atoms with E-state index in [0.717, 1.165) is 24.5 Å². The van der Waals surface area contributed by atoms with Gasteiger partial charge in [0.2, 0.25) is 5.91 Å². The first kappa shape index (κ1) is 21.5. The van der Waals surface area contributed by atoms with Crippen LogP contribution >= 0.6 is 0 Å². The quantitative estimate of drug-likeness (QED) is 0.766. The maximum atomic E-state index is 13.8. The van der Waals surface area contributed by atoms with E-state index in [9.17, 15) is 26.8 Å². The average Bonchev–Trinajstić information content (AvgIpc) is 2.58. The fraction of sp³-hybridized carbons (Fsp3) is 0.263. The third-order valence-electron chi connectivity index (χ3n) is 3.96. The van der Waals surface area contributed by atoms with E-state index < -0.39 is 50.8 Å². The molecule has 0 fully saturated rings. The zero-order valence-corrected chi connectivity index (χ0v) is 16.3. The standard InChI is InChI=1S/C19H20F2N2O4S/c1-11(2)17(23-18(24)16-14(20)8-5-9-15(16)21)19(25)22-12-6-4-7-13(10-12)28(3,26)27/h4-11,17H,1-3H3,(H,22,25)(H,23,24). The predicted octanol–water partition coefficient (Wildman–Crippen LogP) is 2.76. The van der Waals surface area contributed by atoms with Gasteiger partial charge in [0.1, 0.15) is 23.2 Å². The third kappa shape index (κ3) is 5.13. The number of rotatable bonds is 6. The lowest BCUT2D eigenvalue weighted by Gasteiger charge is -2.22. The van der Waals surface area contributed by atoms with Crippen molar-refractivity contribution < 1.29 is 26.8 Å². The first-order valence-electron chi connectivity index (χ1n) is 8.36. The Bertz CT molecular complexity index is 986. The minimum absolute atomic E-state index is 0.0175. The van der Waals surface area contributed by atoms with Gasteiger partial charge in [-0.25, -0.2) is 17.2 Å². The molecule has 0 saturated heterocycles. The summed E-state index contributed by atoms with van der Waals surface area (Å²) >= 11 is 0. The second kappa shape index (κ2) is 8.47. The Hall–Kier alpha value is -2.81. The van der Waals surface area contributed by atoms with Crippen LogP contribution in [0, 0.1) is 17.6 Å². The molecule has 0 aliphatic rings. The number of carbonyl (C=O) groups excluding carboxylic acids is 2. The molecule has 2 aromatic carbocycles. The van der Waals surface area contributed by atoms with Gasteiger partial charge in [-0.1, -0.05) is 26.0 Å². The van der Waals surface area contributed by atoms with E-state index in [-0.39, 0.29) is 10.6 Å². The summed E-state index contributed by atoms with van der Waals surface area (Å²) in [7, 11) is -3.47. The van der Waals surface area contributed by atoms with E-state index in [1.54, 1.807) is 13.8 Å². The highest BCUT2D eigenvalue weighted by Crippen LogP contribution is 2.17. The molecule has 150 valence electrons. The minimum atomic E-state index is -3.47. The Balaban J connectivity index is 2.22. The zero-order valence-electron chi connectivity index (χ0n) is 15.5. The van der Waals surface area contributed by atoms with E-state index in [1.165, 1.54) is 24.3 Å². The molecule has 28 heavy (non-hydrogen) atoms. The number of anilines is 1. The Morgan fingerprint density at radius 1 is 1.00 bits per heavy atom. The average molecular weight is 410 g/mol. The van der Waals surface area contributed by atoms with Crippen molar-refractivity contribution in [3.8, 4) is 0 Å². The number of amides is 2. The van der Waals surface area contributed by atoms with E-state index in [2.05, 4.69) is 10.6 Å². The van der Waals surface area contributed by atoms with Crippen LogP contribution in [0.3, 0.4) is 0 Å². The van der Waals surface area contributed by atoms with Crippen LogP contribution in [0.15, 0.2) is 47.4 Å². The van der Waals surface area contributed by atoms with Gasteiger partial charge >= 0.3 is 0 Å². The molecule has 2 N–H and O–H groups in total. The maximum absolute atomic E-state index is 13.8.